The van der Waals surface area contributed by atoms with Gasteiger partial charge >= 0.3 is 11.7 Å². The van der Waals surface area contributed by atoms with Gasteiger partial charge in [-0.15, -0.1) is 14.7 Å². The SMILES string of the molecule is CC[N+]1(C)C([N+](=O)[O-])=C[N+]([S-])=C1c1ccc(C#N)nn1. The van der Waals surface area contributed by atoms with Crippen LogP contribution in [0.5, 0.6) is 0 Å². The van der Waals surface area contributed by atoms with Crippen molar-refractivity contribution < 1.29 is 13.4 Å². The number of rotatable bonds is 3. The number of nitriles is 1. The molecule has 102 valence electrons. The molecular formula is C11H11N6O2S+. The highest BCUT2D eigenvalue weighted by atomic mass is 32.1. The van der Waals surface area contributed by atoms with Crippen molar-refractivity contribution >= 4 is 18.7 Å². The van der Waals surface area contributed by atoms with E-state index in [-0.39, 0.29) is 16.0 Å². The van der Waals surface area contributed by atoms with Gasteiger partial charge in [0, 0.05) is 0 Å². The molecule has 20 heavy (non-hydrogen) atoms. The van der Waals surface area contributed by atoms with Crippen LogP contribution in [-0.4, -0.2) is 43.0 Å². The second-order valence-corrected chi connectivity index (χ2v) is 4.71. The molecule has 1 aliphatic rings. The van der Waals surface area contributed by atoms with Crippen molar-refractivity contribution in [2.24, 2.45) is 0 Å². The van der Waals surface area contributed by atoms with Gasteiger partial charge in [0.25, 0.3) is 6.20 Å². The van der Waals surface area contributed by atoms with Crippen LogP contribution >= 0.6 is 0 Å². The molecule has 9 heteroatoms. The maximum atomic E-state index is 11.2. The summed E-state index contributed by atoms with van der Waals surface area (Å²) in [6.45, 7) is 2.26. The van der Waals surface area contributed by atoms with E-state index >= 15 is 0 Å². The molecule has 1 atom stereocenters. The average molecular weight is 291 g/mol. The Morgan fingerprint density at radius 2 is 2.25 bits per heavy atom. The lowest BCUT2D eigenvalue weighted by atomic mass is 10.2. The second kappa shape index (κ2) is 4.92. The van der Waals surface area contributed by atoms with Crippen molar-refractivity contribution in [2.75, 3.05) is 13.6 Å². The van der Waals surface area contributed by atoms with Crippen molar-refractivity contribution in [3.8, 4) is 6.07 Å². The molecule has 0 bridgehead atoms. The molecule has 0 fully saturated rings. The van der Waals surface area contributed by atoms with Crippen molar-refractivity contribution in [1.82, 2.24) is 10.2 Å². The average Bonchev–Trinajstić information content (AvgIpc) is 2.71. The quantitative estimate of drug-likeness (QED) is 0.258. The zero-order valence-electron chi connectivity index (χ0n) is 10.8. The van der Waals surface area contributed by atoms with E-state index in [1.807, 2.05) is 13.0 Å². The molecule has 1 unspecified atom stereocenters. The zero-order valence-corrected chi connectivity index (χ0v) is 11.7. The maximum Gasteiger partial charge on any atom is 0.500 e. The fourth-order valence-corrected chi connectivity index (χ4v) is 2.40. The third-order valence-corrected chi connectivity index (χ3v) is 3.52. The lowest BCUT2D eigenvalue weighted by Crippen LogP contribution is -2.50. The Labute approximate surface area is 120 Å². The summed E-state index contributed by atoms with van der Waals surface area (Å²) in [6, 6.07) is 4.96. The summed E-state index contributed by atoms with van der Waals surface area (Å²) in [5.41, 5.74) is 0.591. The molecule has 1 aromatic rings. The number of nitrogens with zero attached hydrogens (tertiary/aromatic N) is 6. The maximum absolute atomic E-state index is 11.2. The Bertz CT molecular complexity index is 675. The number of quaternary nitrogens is 1. The van der Waals surface area contributed by atoms with Gasteiger partial charge in [0.2, 0.25) is 5.69 Å². The Kier molecular flexibility index (Phi) is 3.44. The van der Waals surface area contributed by atoms with E-state index in [9.17, 15) is 10.1 Å². The molecule has 1 aromatic heterocycles. The standard InChI is InChI=1S/C11H11N6O2S/c1-3-17(2)10(16(18)19)7-15(20)11(17)9-5-4-8(6-12)13-14-9/h4-5,7H,3H2,1-2H3/q+1. The van der Waals surface area contributed by atoms with Crippen molar-refractivity contribution in [1.29, 1.82) is 5.26 Å². The van der Waals surface area contributed by atoms with Crippen LogP contribution in [0.3, 0.4) is 0 Å². The molecule has 0 saturated carbocycles. The highest BCUT2D eigenvalue weighted by Crippen LogP contribution is 2.25. The highest BCUT2D eigenvalue weighted by Gasteiger charge is 2.53. The fourth-order valence-electron chi connectivity index (χ4n) is 2.04. The van der Waals surface area contributed by atoms with Crippen molar-refractivity contribution in [3.05, 3.63) is 45.7 Å². The van der Waals surface area contributed by atoms with Crippen LogP contribution in [-0.2, 0) is 12.8 Å². The lowest BCUT2D eigenvalue weighted by Gasteiger charge is -2.21. The lowest BCUT2D eigenvalue weighted by molar-refractivity contribution is -0.848. The minimum atomic E-state index is -0.452. The van der Waals surface area contributed by atoms with E-state index < -0.39 is 4.92 Å². The molecule has 8 nitrogen and oxygen atoms in total. The molecule has 0 aliphatic carbocycles. The topological polar surface area (TPSA) is 95.7 Å². The Balaban J connectivity index is 2.54. The molecule has 0 N–H and O–H groups in total. The molecule has 0 radical (unpaired) electrons. The van der Waals surface area contributed by atoms with Gasteiger partial charge < -0.3 is 12.8 Å². The van der Waals surface area contributed by atoms with Crippen molar-refractivity contribution in [2.45, 2.75) is 6.92 Å². The first-order valence-electron chi connectivity index (χ1n) is 5.74. The van der Waals surface area contributed by atoms with Gasteiger partial charge in [-0.25, -0.2) is 3.98 Å². The molecule has 2 rings (SSSR count). The smallest absolute Gasteiger partial charge is 0.421 e. The van der Waals surface area contributed by atoms with Crippen molar-refractivity contribution in [3.63, 3.8) is 0 Å². The fraction of sp³-hybridized carbons (Fsp3) is 0.273. The summed E-state index contributed by atoms with van der Waals surface area (Å²) in [6.07, 6.45) is 1.30. The summed E-state index contributed by atoms with van der Waals surface area (Å²) >= 11 is 5.15. The van der Waals surface area contributed by atoms with E-state index in [2.05, 4.69) is 10.2 Å². The number of hydrogen-bond donors (Lipinski definition) is 0. The molecule has 0 amide bonds. The molecule has 0 saturated heterocycles. The highest BCUT2D eigenvalue weighted by molar-refractivity contribution is 7.51. The van der Waals surface area contributed by atoms with Crippen LogP contribution < -0.4 is 0 Å². The third kappa shape index (κ3) is 2.01. The van der Waals surface area contributed by atoms with E-state index in [1.165, 1.54) is 16.2 Å². The van der Waals surface area contributed by atoms with E-state index in [0.717, 1.165) is 0 Å². The molecular weight excluding hydrogens is 280 g/mol. The number of nitro groups is 1. The summed E-state index contributed by atoms with van der Waals surface area (Å²) in [4.78, 5) is 10.7. The number of hydrogen-bond acceptors (Lipinski definition) is 6. The molecule has 0 spiro atoms. The largest absolute Gasteiger partial charge is 0.500 e. The van der Waals surface area contributed by atoms with Crippen LogP contribution in [0.2, 0.25) is 0 Å². The Morgan fingerprint density at radius 1 is 1.55 bits per heavy atom. The second-order valence-electron chi connectivity index (χ2n) is 4.32. The molecule has 0 aromatic carbocycles. The van der Waals surface area contributed by atoms with Gasteiger partial charge in [0.05, 0.1) is 13.6 Å². The normalized spacial score (nSPS) is 21.6. The van der Waals surface area contributed by atoms with Crippen LogP contribution in [0, 0.1) is 21.4 Å². The number of amidine groups is 1. The Hall–Kier alpha value is -2.44. The van der Waals surface area contributed by atoms with Gasteiger partial charge in [0.15, 0.2) is 5.69 Å². The van der Waals surface area contributed by atoms with Crippen LogP contribution in [0.15, 0.2) is 24.2 Å². The monoisotopic (exact) mass is 291 g/mol. The first kappa shape index (κ1) is 14.0. The predicted molar refractivity (Wildman–Crippen MR) is 70.3 cm³/mol. The first-order valence-corrected chi connectivity index (χ1v) is 6.11. The van der Waals surface area contributed by atoms with Crippen LogP contribution in [0.4, 0.5) is 0 Å². The summed E-state index contributed by atoms with van der Waals surface area (Å²) in [5.74, 6) is 0.454. The zero-order chi connectivity index (χ0) is 14.9. The van der Waals surface area contributed by atoms with Crippen LogP contribution in [0.1, 0.15) is 18.3 Å². The van der Waals surface area contributed by atoms with Gasteiger partial charge in [-0.3, -0.25) is 10.1 Å². The third-order valence-electron chi connectivity index (χ3n) is 3.24. The minimum Gasteiger partial charge on any atom is -0.421 e. The van der Waals surface area contributed by atoms with E-state index in [4.69, 9.17) is 18.1 Å². The molecule has 2 heterocycles. The van der Waals surface area contributed by atoms with E-state index in [0.29, 0.717) is 18.1 Å². The molecule has 1 aliphatic heterocycles. The van der Waals surface area contributed by atoms with E-state index in [1.54, 1.807) is 13.1 Å². The number of aromatic nitrogens is 2. The summed E-state index contributed by atoms with van der Waals surface area (Å²) in [5, 5.41) is 27.5. The summed E-state index contributed by atoms with van der Waals surface area (Å²) in [7, 11) is 1.69. The van der Waals surface area contributed by atoms with Gasteiger partial charge in [-0.2, -0.15) is 5.26 Å². The first-order chi connectivity index (χ1) is 9.43. The van der Waals surface area contributed by atoms with Crippen LogP contribution in [0.25, 0.3) is 0 Å². The minimum absolute atomic E-state index is 0.0244. The predicted octanol–water partition coefficient (Wildman–Crippen LogP) is 0.125. The van der Waals surface area contributed by atoms with Gasteiger partial charge in [-0.05, 0) is 19.1 Å². The Morgan fingerprint density at radius 3 is 2.70 bits per heavy atom. The van der Waals surface area contributed by atoms with Gasteiger partial charge in [0.1, 0.15) is 11.0 Å². The van der Waals surface area contributed by atoms with Gasteiger partial charge in [-0.1, -0.05) is 0 Å². The summed E-state index contributed by atoms with van der Waals surface area (Å²) < 4.78 is 1.19.